The largest absolute Gasteiger partial charge is 0.452 e. The summed E-state index contributed by atoms with van der Waals surface area (Å²) in [6, 6.07) is 27.2. The minimum Gasteiger partial charge on any atom is -0.452 e. The van der Waals surface area contributed by atoms with Gasteiger partial charge in [-0.1, -0.05) is 66.7 Å². The van der Waals surface area contributed by atoms with Crippen LogP contribution >= 0.6 is 15.9 Å². The Balaban J connectivity index is 1.34. The van der Waals surface area contributed by atoms with Crippen molar-refractivity contribution in [2.45, 2.75) is 12.5 Å². The fourth-order valence-electron chi connectivity index (χ4n) is 4.03. The van der Waals surface area contributed by atoms with Crippen LogP contribution in [0.3, 0.4) is 0 Å². The van der Waals surface area contributed by atoms with Crippen molar-refractivity contribution in [1.82, 2.24) is 5.01 Å². The number of hydrogen-bond acceptors (Lipinski definition) is 5. The Labute approximate surface area is 210 Å². The normalized spacial score (nSPS) is 15.5. The zero-order valence-corrected chi connectivity index (χ0v) is 20.2. The van der Waals surface area contributed by atoms with E-state index in [2.05, 4.69) is 45.3 Å². The van der Waals surface area contributed by atoms with Crippen LogP contribution in [0.15, 0.2) is 105 Å². The molecule has 1 unspecified atom stereocenters. The van der Waals surface area contributed by atoms with Crippen LogP contribution in [-0.4, -0.2) is 29.2 Å². The lowest BCUT2D eigenvalue weighted by molar-refractivity contribution is -0.149. The van der Waals surface area contributed by atoms with Gasteiger partial charge in [-0.05, 0) is 62.1 Å². The number of fused-ring (bicyclic) bond motifs is 1. The molecule has 1 aliphatic rings. The van der Waals surface area contributed by atoms with E-state index in [1.54, 1.807) is 12.1 Å². The van der Waals surface area contributed by atoms with Crippen molar-refractivity contribution >= 4 is 50.4 Å². The first-order valence-corrected chi connectivity index (χ1v) is 11.9. The van der Waals surface area contributed by atoms with Gasteiger partial charge in [-0.3, -0.25) is 4.79 Å². The quantitative estimate of drug-likeness (QED) is 0.223. The number of nitrogens with zero attached hydrogens (tertiary/aromatic N) is 2. The highest BCUT2D eigenvalue weighted by molar-refractivity contribution is 9.10. The summed E-state index contributed by atoms with van der Waals surface area (Å²) in [6.45, 7) is -0.414. The minimum atomic E-state index is -0.639. The lowest BCUT2D eigenvalue weighted by atomic mass is 9.97. The molecule has 0 saturated heterocycles. The molecule has 0 saturated carbocycles. The molecule has 1 aromatic heterocycles. The number of benzene rings is 3. The van der Waals surface area contributed by atoms with Crippen LogP contribution in [-0.2, 0) is 14.3 Å². The summed E-state index contributed by atoms with van der Waals surface area (Å²) in [5.41, 5.74) is 2.74. The van der Waals surface area contributed by atoms with Crippen molar-refractivity contribution in [2.24, 2.45) is 5.10 Å². The topological polar surface area (TPSA) is 72.1 Å². The van der Waals surface area contributed by atoms with E-state index >= 15 is 0 Å². The van der Waals surface area contributed by atoms with Crippen LogP contribution < -0.4 is 0 Å². The molecule has 1 aliphatic heterocycles. The van der Waals surface area contributed by atoms with E-state index in [0.717, 1.165) is 27.6 Å². The molecule has 7 heteroatoms. The van der Waals surface area contributed by atoms with Gasteiger partial charge in [-0.25, -0.2) is 9.80 Å². The van der Waals surface area contributed by atoms with Gasteiger partial charge in [0.15, 0.2) is 11.3 Å². The molecule has 0 fully saturated rings. The third-order valence-corrected chi connectivity index (χ3v) is 6.17. The molecule has 3 aromatic carbocycles. The molecule has 174 valence electrons. The van der Waals surface area contributed by atoms with E-state index in [4.69, 9.17) is 9.15 Å². The van der Waals surface area contributed by atoms with Gasteiger partial charge in [0.05, 0.1) is 11.8 Å². The second kappa shape index (κ2) is 10.1. The van der Waals surface area contributed by atoms with Gasteiger partial charge in [0.2, 0.25) is 0 Å². The summed E-state index contributed by atoms with van der Waals surface area (Å²) in [6.07, 6.45) is 3.27. The molecule has 6 nitrogen and oxygen atoms in total. The highest BCUT2D eigenvalue weighted by Gasteiger charge is 2.33. The predicted octanol–water partition coefficient (Wildman–Crippen LogP) is 6.13. The maximum atomic E-state index is 13.1. The molecular weight excluding hydrogens is 508 g/mol. The number of amides is 1. The molecule has 0 aliphatic carbocycles. The summed E-state index contributed by atoms with van der Waals surface area (Å²) in [5.74, 6) is -0.536. The molecule has 1 amide bonds. The number of rotatable bonds is 6. The monoisotopic (exact) mass is 528 g/mol. The number of carbonyl (C=O) groups is 2. The van der Waals surface area contributed by atoms with Gasteiger partial charge in [-0.2, -0.15) is 5.10 Å². The first-order valence-electron chi connectivity index (χ1n) is 11.1. The van der Waals surface area contributed by atoms with Crippen LogP contribution in [0.4, 0.5) is 0 Å². The smallest absolute Gasteiger partial charge is 0.331 e. The Morgan fingerprint density at radius 1 is 1.00 bits per heavy atom. The number of furan rings is 1. The number of carbonyl (C=O) groups excluding carboxylic acids is 2. The molecule has 0 radical (unpaired) electrons. The summed E-state index contributed by atoms with van der Waals surface area (Å²) in [5, 5.41) is 8.35. The second-order valence-electron chi connectivity index (χ2n) is 8.06. The fraction of sp³-hybridized carbons (Fsp3) is 0.107. The average molecular weight is 529 g/mol. The highest BCUT2D eigenvalue weighted by Crippen LogP contribution is 2.33. The Bertz CT molecular complexity index is 1440. The van der Waals surface area contributed by atoms with E-state index in [0.29, 0.717) is 16.9 Å². The SMILES string of the molecule is O=C(/C=C/c1ccc(Br)o1)OCC(=O)N1N=C(c2ccc3ccccc3c2)CC1c1ccccc1. The van der Waals surface area contributed by atoms with Crippen molar-refractivity contribution < 1.29 is 18.7 Å². The molecular formula is C28H21BrN2O4. The van der Waals surface area contributed by atoms with Crippen molar-refractivity contribution in [3.05, 3.63) is 113 Å². The van der Waals surface area contributed by atoms with Crippen molar-refractivity contribution in [3.63, 3.8) is 0 Å². The van der Waals surface area contributed by atoms with Gasteiger partial charge in [0.1, 0.15) is 5.76 Å². The Morgan fingerprint density at radius 3 is 2.54 bits per heavy atom. The van der Waals surface area contributed by atoms with Gasteiger partial charge < -0.3 is 9.15 Å². The first-order chi connectivity index (χ1) is 17.1. The lowest BCUT2D eigenvalue weighted by Crippen LogP contribution is -2.31. The van der Waals surface area contributed by atoms with Crippen molar-refractivity contribution in [1.29, 1.82) is 0 Å². The van der Waals surface area contributed by atoms with Crippen molar-refractivity contribution in [2.75, 3.05) is 6.61 Å². The summed E-state index contributed by atoms with van der Waals surface area (Å²) < 4.78 is 11.1. The number of ether oxygens (including phenoxy) is 1. The number of esters is 1. The maximum Gasteiger partial charge on any atom is 0.331 e. The number of halogens is 1. The average Bonchev–Trinajstić information content (AvgIpc) is 3.53. The fourth-order valence-corrected chi connectivity index (χ4v) is 4.35. The van der Waals surface area contributed by atoms with Crippen LogP contribution in [0.1, 0.15) is 29.3 Å². The van der Waals surface area contributed by atoms with Gasteiger partial charge in [0.25, 0.3) is 5.91 Å². The standard InChI is InChI=1S/C28H21BrN2O4/c29-26-14-12-23(35-26)13-15-28(33)34-18-27(32)31-25(20-7-2-1-3-8-20)17-24(30-31)22-11-10-19-6-4-5-9-21(19)16-22/h1-16,25H,17-18H2/b15-13+. The number of hydrogen-bond donors (Lipinski definition) is 0. The zero-order chi connectivity index (χ0) is 24.2. The zero-order valence-electron chi connectivity index (χ0n) is 18.6. The summed E-state index contributed by atoms with van der Waals surface area (Å²) in [7, 11) is 0. The molecule has 4 aromatic rings. The first kappa shape index (κ1) is 22.8. The van der Waals surface area contributed by atoms with Crippen LogP contribution in [0.5, 0.6) is 0 Å². The van der Waals surface area contributed by atoms with Crippen molar-refractivity contribution in [3.8, 4) is 0 Å². The Morgan fingerprint density at radius 2 is 1.77 bits per heavy atom. The summed E-state index contributed by atoms with van der Waals surface area (Å²) >= 11 is 3.21. The Kier molecular flexibility index (Phi) is 6.59. The molecule has 0 spiro atoms. The van der Waals surface area contributed by atoms with Crippen LogP contribution in [0, 0.1) is 0 Å². The molecule has 0 bridgehead atoms. The third kappa shape index (κ3) is 5.25. The van der Waals surface area contributed by atoms with E-state index in [1.165, 1.54) is 17.2 Å². The molecule has 35 heavy (non-hydrogen) atoms. The lowest BCUT2D eigenvalue weighted by Gasteiger charge is -2.21. The second-order valence-corrected chi connectivity index (χ2v) is 8.84. The van der Waals surface area contributed by atoms with Crippen LogP contribution in [0.25, 0.3) is 16.8 Å². The Hall–Kier alpha value is -3.97. The molecule has 2 heterocycles. The van der Waals surface area contributed by atoms with E-state index in [1.807, 2.05) is 48.5 Å². The predicted molar refractivity (Wildman–Crippen MR) is 138 cm³/mol. The summed E-state index contributed by atoms with van der Waals surface area (Å²) in [4.78, 5) is 25.2. The van der Waals surface area contributed by atoms with Crippen LogP contribution in [0.2, 0.25) is 0 Å². The van der Waals surface area contributed by atoms with Gasteiger partial charge >= 0.3 is 5.97 Å². The minimum absolute atomic E-state index is 0.278. The van der Waals surface area contributed by atoms with E-state index in [9.17, 15) is 9.59 Å². The maximum absolute atomic E-state index is 13.1. The third-order valence-electron chi connectivity index (χ3n) is 5.75. The molecule has 0 N–H and O–H groups in total. The number of hydrazone groups is 1. The van der Waals surface area contributed by atoms with E-state index < -0.39 is 18.5 Å². The molecule has 1 atom stereocenters. The van der Waals surface area contributed by atoms with E-state index in [-0.39, 0.29) is 6.04 Å². The van der Waals surface area contributed by atoms with Gasteiger partial charge in [0, 0.05) is 12.5 Å². The van der Waals surface area contributed by atoms with Gasteiger partial charge in [-0.15, -0.1) is 0 Å². The molecule has 5 rings (SSSR count). The highest BCUT2D eigenvalue weighted by atomic mass is 79.9.